The van der Waals surface area contributed by atoms with Gasteiger partial charge in [0.15, 0.2) is 0 Å². The van der Waals surface area contributed by atoms with Gasteiger partial charge >= 0.3 is 6.01 Å². The molecule has 0 spiro atoms. The zero-order valence-electron chi connectivity index (χ0n) is 10.9. The zero-order valence-corrected chi connectivity index (χ0v) is 10.9. The van der Waals surface area contributed by atoms with E-state index in [2.05, 4.69) is 41.6 Å². The molecule has 1 aliphatic carbocycles. The minimum Gasteiger partial charge on any atom is -0.407 e. The number of nitrogens with zero attached hydrogens (tertiary/aromatic N) is 2. The first-order valence-electron chi connectivity index (χ1n) is 6.44. The molecular weight excluding hydrogens is 216 g/mol. The molecule has 1 heterocycles. The molecule has 0 amide bonds. The van der Waals surface area contributed by atoms with Crippen molar-refractivity contribution in [1.29, 1.82) is 0 Å². The molecule has 1 atom stereocenters. The van der Waals surface area contributed by atoms with E-state index in [4.69, 9.17) is 4.42 Å². The number of nitrogens with one attached hydrogen (secondary N) is 2. The van der Waals surface area contributed by atoms with E-state index in [9.17, 15) is 0 Å². The lowest BCUT2D eigenvalue weighted by atomic mass is 9.98. The topological polar surface area (TPSA) is 63.0 Å². The van der Waals surface area contributed by atoms with Crippen LogP contribution in [0.1, 0.15) is 39.5 Å². The van der Waals surface area contributed by atoms with Crippen LogP contribution in [0.5, 0.6) is 0 Å². The largest absolute Gasteiger partial charge is 0.407 e. The van der Waals surface area contributed by atoms with Crippen LogP contribution in [0.25, 0.3) is 0 Å². The Hall–Kier alpha value is -1.10. The van der Waals surface area contributed by atoms with Crippen LogP contribution in [0.4, 0.5) is 6.01 Å². The fraction of sp³-hybridized carbons (Fsp3) is 0.833. The molecule has 1 fully saturated rings. The first-order chi connectivity index (χ1) is 8.15. The minimum absolute atomic E-state index is 0.532. The van der Waals surface area contributed by atoms with Gasteiger partial charge in [-0.05, 0) is 24.7 Å². The highest BCUT2D eigenvalue weighted by molar-refractivity contribution is 5.16. The smallest absolute Gasteiger partial charge is 0.315 e. The lowest BCUT2D eigenvalue weighted by molar-refractivity contribution is 0.428. The molecule has 0 radical (unpaired) electrons. The number of hydrogen-bond donors (Lipinski definition) is 2. The van der Waals surface area contributed by atoms with E-state index >= 15 is 0 Å². The second-order valence-corrected chi connectivity index (χ2v) is 5.26. The maximum atomic E-state index is 5.50. The summed E-state index contributed by atoms with van der Waals surface area (Å²) in [6.45, 7) is 8.19. The van der Waals surface area contributed by atoms with E-state index in [-0.39, 0.29) is 0 Å². The van der Waals surface area contributed by atoms with Crippen molar-refractivity contribution >= 4 is 6.01 Å². The number of aromatic nitrogens is 2. The SMILES string of the molecule is CC(C)C(C)CNc1nnc(CNC2CC2)o1. The Kier molecular flexibility index (Phi) is 3.99. The molecule has 0 bridgehead atoms. The molecular formula is C12H22N4O. The molecule has 0 saturated heterocycles. The fourth-order valence-corrected chi connectivity index (χ4v) is 1.40. The third kappa shape index (κ3) is 4.00. The van der Waals surface area contributed by atoms with Gasteiger partial charge < -0.3 is 15.1 Å². The molecule has 2 rings (SSSR count). The fourth-order valence-electron chi connectivity index (χ4n) is 1.40. The van der Waals surface area contributed by atoms with Crippen LogP contribution in [0, 0.1) is 11.8 Å². The highest BCUT2D eigenvalue weighted by atomic mass is 16.4. The first kappa shape index (κ1) is 12.4. The molecule has 1 saturated carbocycles. The second-order valence-electron chi connectivity index (χ2n) is 5.26. The minimum atomic E-state index is 0.532. The van der Waals surface area contributed by atoms with Gasteiger partial charge in [-0.25, -0.2) is 0 Å². The van der Waals surface area contributed by atoms with Gasteiger partial charge in [0.2, 0.25) is 5.89 Å². The van der Waals surface area contributed by atoms with Gasteiger partial charge in [-0.15, -0.1) is 5.10 Å². The monoisotopic (exact) mass is 238 g/mol. The summed E-state index contributed by atoms with van der Waals surface area (Å²) in [5, 5.41) is 14.5. The van der Waals surface area contributed by atoms with Crippen molar-refractivity contribution in [3.8, 4) is 0 Å². The lowest BCUT2D eigenvalue weighted by Gasteiger charge is -2.14. The molecule has 0 aliphatic heterocycles. The van der Waals surface area contributed by atoms with Gasteiger partial charge in [-0.2, -0.15) is 0 Å². The predicted octanol–water partition coefficient (Wildman–Crippen LogP) is 2.03. The Morgan fingerprint density at radius 3 is 2.71 bits per heavy atom. The van der Waals surface area contributed by atoms with Gasteiger partial charge in [0, 0.05) is 12.6 Å². The molecule has 5 nitrogen and oxygen atoms in total. The third-order valence-electron chi connectivity index (χ3n) is 3.30. The van der Waals surface area contributed by atoms with Gasteiger partial charge in [0.1, 0.15) is 0 Å². The predicted molar refractivity (Wildman–Crippen MR) is 66.7 cm³/mol. The number of anilines is 1. The first-order valence-corrected chi connectivity index (χ1v) is 6.44. The van der Waals surface area contributed by atoms with E-state index in [1.54, 1.807) is 0 Å². The van der Waals surface area contributed by atoms with Gasteiger partial charge in [0.25, 0.3) is 0 Å². The van der Waals surface area contributed by atoms with Crippen LogP contribution in [-0.2, 0) is 6.54 Å². The van der Waals surface area contributed by atoms with Crippen LogP contribution in [0.15, 0.2) is 4.42 Å². The zero-order chi connectivity index (χ0) is 12.3. The molecule has 2 N–H and O–H groups in total. The number of rotatable bonds is 7. The number of hydrogen-bond acceptors (Lipinski definition) is 5. The van der Waals surface area contributed by atoms with E-state index in [0.29, 0.717) is 36.3 Å². The van der Waals surface area contributed by atoms with E-state index in [0.717, 1.165) is 6.54 Å². The summed E-state index contributed by atoms with van der Waals surface area (Å²) in [7, 11) is 0. The van der Waals surface area contributed by atoms with Crippen LogP contribution in [0.2, 0.25) is 0 Å². The maximum Gasteiger partial charge on any atom is 0.315 e. The van der Waals surface area contributed by atoms with E-state index in [1.807, 2.05) is 0 Å². The van der Waals surface area contributed by atoms with Crippen LogP contribution >= 0.6 is 0 Å². The Morgan fingerprint density at radius 2 is 2.06 bits per heavy atom. The highest BCUT2D eigenvalue weighted by Gasteiger charge is 2.21. The van der Waals surface area contributed by atoms with Crippen molar-refractivity contribution in [3.63, 3.8) is 0 Å². The third-order valence-corrected chi connectivity index (χ3v) is 3.30. The summed E-state index contributed by atoms with van der Waals surface area (Å²) in [6.07, 6.45) is 2.54. The quantitative estimate of drug-likeness (QED) is 0.761. The Bertz CT molecular complexity index is 346. The van der Waals surface area contributed by atoms with Crippen LogP contribution in [-0.4, -0.2) is 22.8 Å². The average Bonchev–Trinajstić information content (AvgIpc) is 3.02. The lowest BCUT2D eigenvalue weighted by Crippen LogP contribution is -2.16. The Morgan fingerprint density at radius 1 is 1.29 bits per heavy atom. The van der Waals surface area contributed by atoms with Gasteiger partial charge in [-0.1, -0.05) is 25.9 Å². The molecule has 17 heavy (non-hydrogen) atoms. The Balaban J connectivity index is 1.73. The summed E-state index contributed by atoms with van der Waals surface area (Å²) in [4.78, 5) is 0. The summed E-state index contributed by atoms with van der Waals surface area (Å²) in [6, 6.07) is 1.20. The molecule has 1 unspecified atom stereocenters. The molecule has 5 heteroatoms. The van der Waals surface area contributed by atoms with E-state index < -0.39 is 0 Å². The summed E-state index contributed by atoms with van der Waals surface area (Å²) < 4.78 is 5.50. The highest BCUT2D eigenvalue weighted by Crippen LogP contribution is 2.19. The van der Waals surface area contributed by atoms with Gasteiger partial charge in [-0.3, -0.25) is 0 Å². The summed E-state index contributed by atoms with van der Waals surface area (Å²) >= 11 is 0. The normalized spacial score (nSPS) is 17.4. The Labute approximate surface area is 102 Å². The van der Waals surface area contributed by atoms with Crippen molar-refractivity contribution in [3.05, 3.63) is 5.89 Å². The molecule has 1 aliphatic rings. The van der Waals surface area contributed by atoms with Crippen molar-refractivity contribution in [2.24, 2.45) is 11.8 Å². The summed E-state index contributed by atoms with van der Waals surface area (Å²) in [5.41, 5.74) is 0. The van der Waals surface area contributed by atoms with Gasteiger partial charge in [0.05, 0.1) is 6.54 Å². The summed E-state index contributed by atoms with van der Waals surface area (Å²) in [5.74, 6) is 1.91. The van der Waals surface area contributed by atoms with E-state index in [1.165, 1.54) is 12.8 Å². The standard InChI is InChI=1S/C12H22N4O/c1-8(2)9(3)6-14-12-16-15-11(17-12)7-13-10-4-5-10/h8-10,13H,4-7H2,1-3H3,(H,14,16). The van der Waals surface area contributed by atoms with Crippen molar-refractivity contribution in [2.45, 2.75) is 46.2 Å². The van der Waals surface area contributed by atoms with Crippen LogP contribution in [0.3, 0.4) is 0 Å². The maximum absolute atomic E-state index is 5.50. The van der Waals surface area contributed by atoms with Crippen LogP contribution < -0.4 is 10.6 Å². The van der Waals surface area contributed by atoms with Crippen molar-refractivity contribution < 1.29 is 4.42 Å². The second kappa shape index (κ2) is 5.49. The van der Waals surface area contributed by atoms with Crippen molar-refractivity contribution in [1.82, 2.24) is 15.5 Å². The molecule has 1 aromatic rings. The average molecular weight is 238 g/mol. The molecule has 96 valence electrons. The van der Waals surface area contributed by atoms with Crippen molar-refractivity contribution in [2.75, 3.05) is 11.9 Å². The molecule has 0 aromatic carbocycles. The molecule has 1 aromatic heterocycles.